The SMILES string of the molecule is COc1ccc(C2(N=C=O)CCC2)c(Cl)c1. The molecule has 1 saturated carbocycles. The summed E-state index contributed by atoms with van der Waals surface area (Å²) < 4.78 is 5.08. The van der Waals surface area contributed by atoms with Gasteiger partial charge in [-0.1, -0.05) is 17.7 Å². The summed E-state index contributed by atoms with van der Waals surface area (Å²) in [5.41, 5.74) is 0.454. The minimum absolute atomic E-state index is 0.439. The van der Waals surface area contributed by atoms with Crippen LogP contribution in [0.25, 0.3) is 0 Å². The molecule has 84 valence electrons. The van der Waals surface area contributed by atoms with Gasteiger partial charge in [-0.15, -0.1) is 0 Å². The molecule has 4 heteroatoms. The molecule has 0 aromatic heterocycles. The molecule has 1 aromatic rings. The monoisotopic (exact) mass is 237 g/mol. The van der Waals surface area contributed by atoms with E-state index in [1.807, 2.05) is 12.1 Å². The first-order valence-corrected chi connectivity index (χ1v) is 5.53. The largest absolute Gasteiger partial charge is 0.497 e. The van der Waals surface area contributed by atoms with Gasteiger partial charge in [0.05, 0.1) is 12.6 Å². The van der Waals surface area contributed by atoms with Gasteiger partial charge in [-0.05, 0) is 37.0 Å². The molecule has 0 amide bonds. The second-order valence-corrected chi connectivity index (χ2v) is 4.34. The Hall–Kier alpha value is -1.31. The Kier molecular flexibility index (Phi) is 2.99. The molecule has 0 unspecified atom stereocenters. The second kappa shape index (κ2) is 4.28. The highest BCUT2D eigenvalue weighted by Crippen LogP contribution is 2.47. The lowest BCUT2D eigenvalue weighted by Gasteiger charge is -2.37. The Labute approximate surface area is 99.1 Å². The number of methoxy groups -OCH3 is 1. The Morgan fingerprint density at radius 1 is 1.50 bits per heavy atom. The fourth-order valence-electron chi connectivity index (χ4n) is 2.04. The van der Waals surface area contributed by atoms with Crippen molar-refractivity contribution in [3.05, 3.63) is 28.8 Å². The maximum Gasteiger partial charge on any atom is 0.235 e. The van der Waals surface area contributed by atoms with E-state index >= 15 is 0 Å². The lowest BCUT2D eigenvalue weighted by molar-refractivity contribution is 0.256. The van der Waals surface area contributed by atoms with Crippen LogP contribution in [0.3, 0.4) is 0 Å². The first kappa shape index (κ1) is 11.2. The van der Waals surface area contributed by atoms with Crippen LogP contribution in [0.4, 0.5) is 0 Å². The molecule has 3 nitrogen and oxygen atoms in total. The van der Waals surface area contributed by atoms with Crippen LogP contribution < -0.4 is 4.74 Å². The first-order valence-electron chi connectivity index (χ1n) is 5.15. The molecule has 1 fully saturated rings. The summed E-state index contributed by atoms with van der Waals surface area (Å²) in [4.78, 5) is 14.4. The number of rotatable bonds is 3. The van der Waals surface area contributed by atoms with Crippen molar-refractivity contribution in [3.8, 4) is 5.75 Å². The highest BCUT2D eigenvalue weighted by atomic mass is 35.5. The maximum absolute atomic E-state index is 10.5. The third-order valence-electron chi connectivity index (χ3n) is 3.12. The van der Waals surface area contributed by atoms with Gasteiger partial charge in [-0.3, -0.25) is 0 Å². The predicted octanol–water partition coefficient (Wildman–Crippen LogP) is 3.06. The molecule has 1 aliphatic rings. The average Bonchev–Trinajstić information content (AvgIpc) is 2.24. The number of hydrogen-bond acceptors (Lipinski definition) is 3. The van der Waals surface area contributed by atoms with Crippen LogP contribution in [0.1, 0.15) is 24.8 Å². The molecule has 0 radical (unpaired) electrons. The molecule has 0 saturated heterocycles. The summed E-state index contributed by atoms with van der Waals surface area (Å²) in [6.07, 6.45) is 4.42. The molecule has 1 aromatic carbocycles. The van der Waals surface area contributed by atoms with E-state index in [-0.39, 0.29) is 0 Å². The second-order valence-electron chi connectivity index (χ2n) is 3.93. The van der Waals surface area contributed by atoms with Crippen molar-refractivity contribution in [1.29, 1.82) is 0 Å². The number of ether oxygens (including phenoxy) is 1. The van der Waals surface area contributed by atoms with Crippen molar-refractivity contribution in [2.75, 3.05) is 7.11 Å². The van der Waals surface area contributed by atoms with Crippen molar-refractivity contribution in [3.63, 3.8) is 0 Å². The van der Waals surface area contributed by atoms with Crippen molar-refractivity contribution >= 4 is 17.7 Å². The van der Waals surface area contributed by atoms with Gasteiger partial charge in [0.25, 0.3) is 0 Å². The van der Waals surface area contributed by atoms with Crippen LogP contribution in [-0.4, -0.2) is 13.2 Å². The van der Waals surface area contributed by atoms with Gasteiger partial charge in [-0.2, -0.15) is 4.99 Å². The molecule has 0 bridgehead atoms. The first-order chi connectivity index (χ1) is 7.72. The molecule has 0 atom stereocenters. The smallest absolute Gasteiger partial charge is 0.235 e. The molecule has 0 aliphatic heterocycles. The van der Waals surface area contributed by atoms with Crippen molar-refractivity contribution in [2.24, 2.45) is 4.99 Å². The van der Waals surface area contributed by atoms with Crippen molar-refractivity contribution in [1.82, 2.24) is 0 Å². The van der Waals surface area contributed by atoms with Crippen LogP contribution in [0.2, 0.25) is 5.02 Å². The summed E-state index contributed by atoms with van der Waals surface area (Å²) in [5.74, 6) is 0.707. The zero-order chi connectivity index (χ0) is 11.6. The minimum atomic E-state index is -0.439. The van der Waals surface area contributed by atoms with E-state index in [1.165, 1.54) is 0 Å². The Morgan fingerprint density at radius 2 is 2.25 bits per heavy atom. The zero-order valence-corrected chi connectivity index (χ0v) is 9.75. The highest BCUT2D eigenvalue weighted by Gasteiger charge is 2.40. The van der Waals surface area contributed by atoms with Crippen LogP contribution >= 0.6 is 11.6 Å². The molecule has 2 rings (SSSR count). The van der Waals surface area contributed by atoms with Crippen molar-refractivity contribution in [2.45, 2.75) is 24.8 Å². The Balaban J connectivity index is 2.43. The third kappa shape index (κ3) is 1.73. The van der Waals surface area contributed by atoms with Crippen LogP contribution in [0.5, 0.6) is 5.75 Å². The predicted molar refractivity (Wildman–Crippen MR) is 61.7 cm³/mol. The lowest BCUT2D eigenvalue weighted by atomic mass is 9.72. The number of carbonyl (C=O) groups excluding carboxylic acids is 1. The standard InChI is InChI=1S/C12H12ClNO2/c1-16-9-3-4-10(11(13)7-9)12(14-8-15)5-2-6-12/h3-4,7H,2,5-6H2,1H3. The molecule has 16 heavy (non-hydrogen) atoms. The van der Waals surface area contributed by atoms with Gasteiger partial charge < -0.3 is 4.74 Å². The normalized spacial score (nSPS) is 17.1. The molecule has 1 aliphatic carbocycles. The van der Waals surface area contributed by atoms with Gasteiger partial charge in [0.2, 0.25) is 6.08 Å². The van der Waals surface area contributed by atoms with Gasteiger partial charge in [0.1, 0.15) is 5.75 Å². The van der Waals surface area contributed by atoms with E-state index in [9.17, 15) is 4.79 Å². The van der Waals surface area contributed by atoms with Crippen LogP contribution in [0.15, 0.2) is 23.2 Å². The number of halogens is 1. The molecular formula is C12H12ClNO2. The Morgan fingerprint density at radius 3 is 2.69 bits per heavy atom. The van der Waals surface area contributed by atoms with Gasteiger partial charge >= 0.3 is 0 Å². The number of isocyanates is 1. The summed E-state index contributed by atoms with van der Waals surface area (Å²) in [6.45, 7) is 0. The summed E-state index contributed by atoms with van der Waals surface area (Å²) in [6, 6.07) is 5.46. The number of nitrogens with zero attached hydrogens (tertiary/aromatic N) is 1. The van der Waals surface area contributed by atoms with Gasteiger partial charge in [-0.25, -0.2) is 4.79 Å². The molecule has 0 N–H and O–H groups in total. The fraction of sp³-hybridized carbons (Fsp3) is 0.417. The summed E-state index contributed by atoms with van der Waals surface area (Å²) in [7, 11) is 1.59. The Bertz CT molecular complexity index is 448. The lowest BCUT2D eigenvalue weighted by Crippen LogP contribution is -2.32. The number of benzene rings is 1. The van der Waals surface area contributed by atoms with E-state index in [4.69, 9.17) is 16.3 Å². The van der Waals surface area contributed by atoms with E-state index in [2.05, 4.69) is 4.99 Å². The minimum Gasteiger partial charge on any atom is -0.497 e. The highest BCUT2D eigenvalue weighted by molar-refractivity contribution is 6.31. The molecule has 0 heterocycles. The van der Waals surface area contributed by atoms with E-state index in [0.29, 0.717) is 10.8 Å². The topological polar surface area (TPSA) is 38.7 Å². The fourth-order valence-corrected chi connectivity index (χ4v) is 2.39. The van der Waals surface area contributed by atoms with E-state index < -0.39 is 5.54 Å². The van der Waals surface area contributed by atoms with Gasteiger partial charge in [0, 0.05) is 5.02 Å². The van der Waals surface area contributed by atoms with Gasteiger partial charge in [0.15, 0.2) is 0 Å². The zero-order valence-electron chi connectivity index (χ0n) is 9.00. The van der Waals surface area contributed by atoms with Crippen molar-refractivity contribution < 1.29 is 9.53 Å². The number of hydrogen-bond donors (Lipinski definition) is 0. The van der Waals surface area contributed by atoms with Crippen LogP contribution in [-0.2, 0) is 10.3 Å². The van der Waals surface area contributed by atoms with E-state index in [1.54, 1.807) is 19.3 Å². The maximum atomic E-state index is 10.5. The quantitative estimate of drug-likeness (QED) is 0.599. The van der Waals surface area contributed by atoms with E-state index in [0.717, 1.165) is 24.8 Å². The summed E-state index contributed by atoms with van der Waals surface area (Å²) >= 11 is 6.17. The average molecular weight is 238 g/mol. The summed E-state index contributed by atoms with van der Waals surface area (Å²) in [5, 5.41) is 0.595. The molecular weight excluding hydrogens is 226 g/mol. The number of aliphatic imine (C=N–C) groups is 1. The third-order valence-corrected chi connectivity index (χ3v) is 3.43. The van der Waals surface area contributed by atoms with Crippen LogP contribution in [0, 0.1) is 0 Å². The molecule has 0 spiro atoms.